The third-order valence-corrected chi connectivity index (χ3v) is 8.49. The summed E-state index contributed by atoms with van der Waals surface area (Å²) in [5.41, 5.74) is 2.99. The first kappa shape index (κ1) is 28.3. The summed E-state index contributed by atoms with van der Waals surface area (Å²) in [4.78, 5) is 36.7. The first-order valence-corrected chi connectivity index (χ1v) is 13.9. The van der Waals surface area contributed by atoms with Crippen LogP contribution in [-0.4, -0.2) is 35.1 Å². The van der Waals surface area contributed by atoms with Crippen LogP contribution in [0.1, 0.15) is 111 Å². The number of nitrogens with zero attached hydrogens (tertiary/aromatic N) is 1. The maximum absolute atomic E-state index is 13.2. The lowest BCUT2D eigenvalue weighted by atomic mass is 9.66. The van der Waals surface area contributed by atoms with Gasteiger partial charge in [0.2, 0.25) is 0 Å². The molecule has 0 saturated heterocycles. The molecule has 0 amide bonds. The van der Waals surface area contributed by atoms with Crippen LogP contribution in [0.25, 0.3) is 0 Å². The van der Waals surface area contributed by atoms with Crippen molar-refractivity contribution in [1.82, 2.24) is 5.16 Å². The third kappa shape index (κ3) is 6.66. The molecule has 2 aliphatic carbocycles. The molecule has 206 valence electrons. The quantitative estimate of drug-likeness (QED) is 0.278. The molecule has 8 heteroatoms. The van der Waals surface area contributed by atoms with Gasteiger partial charge in [0.15, 0.2) is 0 Å². The molecule has 2 aromatic rings. The van der Waals surface area contributed by atoms with E-state index in [1.54, 1.807) is 13.8 Å². The Morgan fingerprint density at radius 2 is 1.92 bits per heavy atom. The van der Waals surface area contributed by atoms with Gasteiger partial charge in [-0.2, -0.15) is 0 Å². The minimum absolute atomic E-state index is 0.0385. The normalized spacial score (nSPS) is 20.0. The van der Waals surface area contributed by atoms with Crippen LogP contribution in [0, 0.1) is 18.3 Å². The van der Waals surface area contributed by atoms with Gasteiger partial charge in [-0.25, -0.2) is 0 Å². The lowest BCUT2D eigenvalue weighted by Gasteiger charge is -2.37. The molecule has 1 aromatic heterocycles. The number of carboxylic acids is 1. The molecule has 38 heavy (non-hydrogen) atoms. The molecule has 0 aliphatic heterocycles. The molecule has 1 aromatic carbocycles. The number of rotatable bonds is 13. The third-order valence-electron chi connectivity index (χ3n) is 8.14. The van der Waals surface area contributed by atoms with Crippen LogP contribution in [0.3, 0.4) is 0 Å². The van der Waals surface area contributed by atoms with E-state index in [-0.39, 0.29) is 42.9 Å². The number of halogens is 1. The molecule has 2 fully saturated rings. The minimum atomic E-state index is -0.772. The Balaban J connectivity index is 1.51. The topological polar surface area (TPSA) is 107 Å². The molecule has 1 atom stereocenters. The van der Waals surface area contributed by atoms with Crippen LogP contribution < -0.4 is 0 Å². The zero-order valence-corrected chi connectivity index (χ0v) is 23.5. The largest absolute Gasteiger partial charge is 0.481 e. The van der Waals surface area contributed by atoms with Gasteiger partial charge in [-0.15, -0.1) is 0 Å². The zero-order valence-electron chi connectivity index (χ0n) is 22.7. The van der Waals surface area contributed by atoms with Gasteiger partial charge >= 0.3 is 11.9 Å². The molecule has 0 unspecified atom stereocenters. The number of carbonyl (C=O) groups is 3. The Labute approximate surface area is 229 Å². The number of ketones is 1. The number of methoxy groups -OCH3 is 1. The standard InChI is InChI=1S/C30H38ClNO6/c1-17-5-6-20(24(31)11-17)14-23(33)15-21(9-10-25(34)37-4)27-26(19-7-8-19)28(38-32-27)22-12-18(13-22)16-30(2,3)29(35)36/h5-6,11,18-19,21-22H,7-10,12-16H2,1-4H3,(H,35,36)/t18?,21-,22?/m0/s1. The van der Waals surface area contributed by atoms with Crippen LogP contribution in [0.15, 0.2) is 22.7 Å². The van der Waals surface area contributed by atoms with Crippen LogP contribution in [0.5, 0.6) is 0 Å². The van der Waals surface area contributed by atoms with Gasteiger partial charge < -0.3 is 14.4 Å². The average Bonchev–Trinajstić information content (AvgIpc) is 3.58. The SMILES string of the molecule is COC(=O)CC[C@@H](CC(=O)Cc1ccc(C)cc1Cl)c1noc(C2CC(CC(C)(C)C(=O)O)C2)c1C1CC1. The minimum Gasteiger partial charge on any atom is -0.481 e. The average molecular weight is 544 g/mol. The van der Waals surface area contributed by atoms with Gasteiger partial charge in [0.05, 0.1) is 18.2 Å². The molecule has 2 saturated carbocycles. The molecule has 0 spiro atoms. The van der Waals surface area contributed by atoms with Crippen molar-refractivity contribution < 1.29 is 28.8 Å². The lowest BCUT2D eigenvalue weighted by Crippen LogP contribution is -2.32. The highest BCUT2D eigenvalue weighted by atomic mass is 35.5. The monoisotopic (exact) mass is 543 g/mol. The molecular weight excluding hydrogens is 506 g/mol. The zero-order chi connectivity index (χ0) is 27.6. The Morgan fingerprint density at radius 3 is 2.53 bits per heavy atom. The predicted molar refractivity (Wildman–Crippen MR) is 143 cm³/mol. The van der Waals surface area contributed by atoms with Crippen molar-refractivity contribution in [3.8, 4) is 0 Å². The fourth-order valence-electron chi connectivity index (χ4n) is 5.70. The summed E-state index contributed by atoms with van der Waals surface area (Å²) >= 11 is 6.38. The van der Waals surface area contributed by atoms with Crippen LogP contribution in [-0.2, 0) is 25.5 Å². The maximum Gasteiger partial charge on any atom is 0.309 e. The highest BCUT2D eigenvalue weighted by molar-refractivity contribution is 6.31. The number of ether oxygens (including phenoxy) is 1. The Bertz CT molecular complexity index is 1190. The summed E-state index contributed by atoms with van der Waals surface area (Å²) in [6.07, 6.45) is 5.61. The van der Waals surface area contributed by atoms with E-state index in [1.807, 2.05) is 25.1 Å². The molecule has 0 bridgehead atoms. The van der Waals surface area contributed by atoms with Crippen molar-refractivity contribution in [3.63, 3.8) is 0 Å². The molecule has 7 nitrogen and oxygen atoms in total. The first-order chi connectivity index (χ1) is 18.0. The van der Waals surface area contributed by atoms with Gasteiger partial charge in [-0.3, -0.25) is 14.4 Å². The van der Waals surface area contributed by atoms with Crippen LogP contribution >= 0.6 is 11.6 Å². The Morgan fingerprint density at radius 1 is 1.21 bits per heavy atom. The molecule has 1 heterocycles. The van der Waals surface area contributed by atoms with Crippen molar-refractivity contribution in [3.05, 3.63) is 51.4 Å². The van der Waals surface area contributed by atoms with Gasteiger partial charge in [0, 0.05) is 41.7 Å². The van der Waals surface area contributed by atoms with Crippen molar-refractivity contribution >= 4 is 29.3 Å². The predicted octanol–water partition coefficient (Wildman–Crippen LogP) is 6.75. The number of aryl methyl sites for hydroxylation is 1. The summed E-state index contributed by atoms with van der Waals surface area (Å²) in [5, 5.41) is 14.6. The van der Waals surface area contributed by atoms with E-state index in [0.29, 0.717) is 29.7 Å². The molecule has 4 rings (SSSR count). The number of Topliss-reactive ketones (excluding diaryl/α,β-unsaturated/α-hetero) is 1. The van der Waals surface area contributed by atoms with E-state index in [9.17, 15) is 19.5 Å². The molecule has 0 radical (unpaired) electrons. The highest BCUT2D eigenvalue weighted by Crippen LogP contribution is 2.53. The van der Waals surface area contributed by atoms with Crippen molar-refractivity contribution in [2.24, 2.45) is 11.3 Å². The maximum atomic E-state index is 13.2. The van der Waals surface area contributed by atoms with Crippen LogP contribution in [0.2, 0.25) is 5.02 Å². The van der Waals surface area contributed by atoms with Crippen molar-refractivity contribution in [2.45, 2.75) is 96.3 Å². The number of benzene rings is 1. The number of carboxylic acid groups (broad SMARTS) is 1. The summed E-state index contributed by atoms with van der Waals surface area (Å²) in [6.45, 7) is 5.51. The van der Waals surface area contributed by atoms with E-state index in [0.717, 1.165) is 53.8 Å². The van der Waals surface area contributed by atoms with Gasteiger partial charge in [0.25, 0.3) is 0 Å². The second-order valence-electron chi connectivity index (χ2n) is 11.9. The second kappa shape index (κ2) is 11.6. The van der Waals surface area contributed by atoms with Gasteiger partial charge in [-0.1, -0.05) is 28.9 Å². The smallest absolute Gasteiger partial charge is 0.309 e. The van der Waals surface area contributed by atoms with E-state index in [2.05, 4.69) is 5.16 Å². The number of carbonyl (C=O) groups excluding carboxylic acids is 2. The summed E-state index contributed by atoms with van der Waals surface area (Å²) in [6, 6.07) is 5.70. The van der Waals surface area contributed by atoms with E-state index in [1.165, 1.54) is 7.11 Å². The summed E-state index contributed by atoms with van der Waals surface area (Å²) in [7, 11) is 1.37. The Hall–Kier alpha value is -2.67. The Kier molecular flexibility index (Phi) is 8.65. The van der Waals surface area contributed by atoms with E-state index < -0.39 is 11.4 Å². The lowest BCUT2D eigenvalue weighted by molar-refractivity contribution is -0.148. The number of aromatic nitrogens is 1. The highest BCUT2D eigenvalue weighted by Gasteiger charge is 2.43. The fourth-order valence-corrected chi connectivity index (χ4v) is 6.01. The number of aliphatic carboxylic acids is 1. The molecule has 2 aliphatic rings. The van der Waals surface area contributed by atoms with Crippen LogP contribution in [0.4, 0.5) is 0 Å². The fraction of sp³-hybridized carbons (Fsp3) is 0.600. The number of hydrogen-bond donors (Lipinski definition) is 1. The summed E-state index contributed by atoms with van der Waals surface area (Å²) in [5.74, 6) is 0.506. The second-order valence-corrected chi connectivity index (χ2v) is 12.3. The first-order valence-electron chi connectivity index (χ1n) is 13.5. The summed E-state index contributed by atoms with van der Waals surface area (Å²) < 4.78 is 10.8. The van der Waals surface area contributed by atoms with Gasteiger partial charge in [-0.05, 0) is 88.3 Å². The number of esters is 1. The van der Waals surface area contributed by atoms with Gasteiger partial charge in [0.1, 0.15) is 11.5 Å². The molecule has 1 N–H and O–H groups in total. The molecular formula is C30H38ClNO6. The van der Waals surface area contributed by atoms with Crippen molar-refractivity contribution in [1.29, 1.82) is 0 Å². The van der Waals surface area contributed by atoms with E-state index >= 15 is 0 Å². The number of hydrogen-bond acceptors (Lipinski definition) is 6. The van der Waals surface area contributed by atoms with Crippen molar-refractivity contribution in [2.75, 3.05) is 7.11 Å². The van der Waals surface area contributed by atoms with E-state index in [4.69, 9.17) is 20.9 Å².